The molecule has 1 aliphatic rings. The van der Waals surface area contributed by atoms with Gasteiger partial charge < -0.3 is 9.80 Å². The summed E-state index contributed by atoms with van der Waals surface area (Å²) in [4.78, 5) is 5.10. The zero-order valence-corrected chi connectivity index (χ0v) is 10.3. The van der Waals surface area contributed by atoms with Gasteiger partial charge in [0.25, 0.3) is 0 Å². The van der Waals surface area contributed by atoms with Gasteiger partial charge >= 0.3 is 0 Å². The third-order valence-corrected chi connectivity index (χ3v) is 3.04. The molecule has 0 radical (unpaired) electrons. The van der Waals surface area contributed by atoms with Gasteiger partial charge in [0.1, 0.15) is 0 Å². The van der Waals surface area contributed by atoms with Crippen molar-refractivity contribution in [2.45, 2.75) is 39.7 Å². The monoisotopic (exact) mass is 198 g/mol. The van der Waals surface area contributed by atoms with E-state index >= 15 is 0 Å². The van der Waals surface area contributed by atoms with Gasteiger partial charge in [-0.3, -0.25) is 0 Å². The minimum Gasteiger partial charge on any atom is -0.301 e. The van der Waals surface area contributed by atoms with Gasteiger partial charge in [-0.2, -0.15) is 0 Å². The van der Waals surface area contributed by atoms with Crippen molar-refractivity contribution in [2.75, 3.05) is 33.2 Å². The van der Waals surface area contributed by atoms with Gasteiger partial charge in [-0.15, -0.1) is 0 Å². The second kappa shape index (κ2) is 5.72. The van der Waals surface area contributed by atoms with E-state index < -0.39 is 0 Å². The summed E-state index contributed by atoms with van der Waals surface area (Å²) in [5.41, 5.74) is 0. The van der Waals surface area contributed by atoms with E-state index in [2.05, 4.69) is 37.6 Å². The molecule has 0 unspecified atom stereocenters. The molecule has 0 amide bonds. The van der Waals surface area contributed by atoms with E-state index in [1.807, 2.05) is 0 Å². The van der Waals surface area contributed by atoms with E-state index in [0.717, 1.165) is 12.0 Å². The molecule has 84 valence electrons. The van der Waals surface area contributed by atoms with E-state index in [-0.39, 0.29) is 0 Å². The van der Waals surface area contributed by atoms with Gasteiger partial charge in [-0.05, 0) is 25.9 Å². The molecule has 1 fully saturated rings. The zero-order chi connectivity index (χ0) is 10.6. The number of hydrogen-bond acceptors (Lipinski definition) is 2. The number of unbranched alkanes of at least 4 members (excludes halogenated alkanes) is 1. The summed E-state index contributed by atoms with van der Waals surface area (Å²) in [6, 6.07) is 0.828. The Labute approximate surface area is 89.3 Å². The molecule has 14 heavy (non-hydrogen) atoms. The van der Waals surface area contributed by atoms with Gasteiger partial charge in [-0.1, -0.05) is 27.2 Å². The highest BCUT2D eigenvalue weighted by Gasteiger charge is 2.28. The number of likely N-dealkylation sites (tertiary alicyclic amines) is 1. The molecule has 0 aromatic carbocycles. The molecule has 0 N–H and O–H groups in total. The van der Waals surface area contributed by atoms with Crippen LogP contribution in [0.5, 0.6) is 0 Å². The van der Waals surface area contributed by atoms with E-state index in [1.165, 1.54) is 39.0 Å². The summed E-state index contributed by atoms with van der Waals surface area (Å²) in [5.74, 6) is 0.796. The molecule has 1 saturated heterocycles. The molecule has 1 aliphatic heterocycles. The molecule has 0 aromatic heterocycles. The average Bonchev–Trinajstić information content (AvgIpc) is 2.00. The predicted molar refractivity (Wildman–Crippen MR) is 62.6 cm³/mol. The topological polar surface area (TPSA) is 6.48 Å². The highest BCUT2D eigenvalue weighted by Crippen LogP contribution is 2.15. The Morgan fingerprint density at radius 1 is 1.36 bits per heavy atom. The standard InChI is InChI=1S/C12H26N2/c1-5-6-7-14-9-12(10-14)13(4)8-11(2)3/h11-12H,5-10H2,1-4H3. The fraction of sp³-hybridized carbons (Fsp3) is 1.00. The Hall–Kier alpha value is -0.0800. The lowest BCUT2D eigenvalue weighted by Crippen LogP contribution is -2.58. The lowest BCUT2D eigenvalue weighted by Gasteiger charge is -2.44. The molecule has 0 aliphatic carbocycles. The first kappa shape index (κ1) is 12.0. The fourth-order valence-corrected chi connectivity index (χ4v) is 2.11. The van der Waals surface area contributed by atoms with E-state index in [0.29, 0.717) is 0 Å². The van der Waals surface area contributed by atoms with Gasteiger partial charge in [0, 0.05) is 25.7 Å². The van der Waals surface area contributed by atoms with E-state index in [9.17, 15) is 0 Å². The molecule has 0 atom stereocenters. The first-order valence-electron chi connectivity index (χ1n) is 6.06. The van der Waals surface area contributed by atoms with Crippen LogP contribution in [0.25, 0.3) is 0 Å². The third-order valence-electron chi connectivity index (χ3n) is 3.04. The van der Waals surface area contributed by atoms with Gasteiger partial charge in [0.15, 0.2) is 0 Å². The second-order valence-corrected chi connectivity index (χ2v) is 5.10. The largest absolute Gasteiger partial charge is 0.301 e. The summed E-state index contributed by atoms with van der Waals surface area (Å²) in [5, 5.41) is 0. The predicted octanol–water partition coefficient (Wildman–Crippen LogP) is 2.06. The Morgan fingerprint density at radius 3 is 2.50 bits per heavy atom. The van der Waals surface area contributed by atoms with Crippen LogP contribution in [0.2, 0.25) is 0 Å². The molecular formula is C12H26N2. The summed E-state index contributed by atoms with van der Waals surface area (Å²) in [6.45, 7) is 12.0. The molecule has 0 aromatic rings. The number of rotatable bonds is 6. The SMILES string of the molecule is CCCCN1CC(N(C)CC(C)C)C1. The number of likely N-dealkylation sites (N-methyl/N-ethyl adjacent to an activating group) is 1. The minimum atomic E-state index is 0.796. The fourth-order valence-electron chi connectivity index (χ4n) is 2.11. The van der Waals surface area contributed by atoms with Crippen LogP contribution in [-0.4, -0.2) is 49.1 Å². The molecule has 1 rings (SSSR count). The van der Waals surface area contributed by atoms with Gasteiger partial charge in [0.05, 0.1) is 0 Å². The van der Waals surface area contributed by atoms with Crippen LogP contribution in [-0.2, 0) is 0 Å². The lowest BCUT2D eigenvalue weighted by molar-refractivity contribution is 0.0427. The maximum absolute atomic E-state index is 2.57. The lowest BCUT2D eigenvalue weighted by atomic mass is 10.1. The van der Waals surface area contributed by atoms with Crippen molar-refractivity contribution in [2.24, 2.45) is 5.92 Å². The van der Waals surface area contributed by atoms with Crippen molar-refractivity contribution >= 4 is 0 Å². The van der Waals surface area contributed by atoms with Crippen LogP contribution in [0, 0.1) is 5.92 Å². The molecule has 1 heterocycles. The zero-order valence-electron chi connectivity index (χ0n) is 10.3. The number of nitrogens with zero attached hydrogens (tertiary/aromatic N) is 2. The van der Waals surface area contributed by atoms with Crippen LogP contribution in [0.4, 0.5) is 0 Å². The summed E-state index contributed by atoms with van der Waals surface area (Å²) in [7, 11) is 2.27. The van der Waals surface area contributed by atoms with Crippen molar-refractivity contribution in [1.29, 1.82) is 0 Å². The molecule has 0 bridgehead atoms. The molecule has 2 nitrogen and oxygen atoms in total. The summed E-state index contributed by atoms with van der Waals surface area (Å²) in [6.07, 6.45) is 2.68. The van der Waals surface area contributed by atoms with Crippen LogP contribution >= 0.6 is 0 Å². The smallest absolute Gasteiger partial charge is 0.0347 e. The van der Waals surface area contributed by atoms with E-state index in [1.54, 1.807) is 0 Å². The van der Waals surface area contributed by atoms with Crippen LogP contribution in [0.3, 0.4) is 0 Å². The first-order chi connectivity index (χ1) is 6.63. The van der Waals surface area contributed by atoms with Crippen molar-refractivity contribution in [1.82, 2.24) is 9.80 Å². The molecule has 0 saturated carbocycles. The highest BCUT2D eigenvalue weighted by atomic mass is 15.3. The second-order valence-electron chi connectivity index (χ2n) is 5.10. The maximum atomic E-state index is 2.57. The maximum Gasteiger partial charge on any atom is 0.0347 e. The first-order valence-corrected chi connectivity index (χ1v) is 6.06. The Bertz CT molecular complexity index is 150. The Kier molecular flexibility index (Phi) is 4.90. The highest BCUT2D eigenvalue weighted by molar-refractivity contribution is 4.86. The van der Waals surface area contributed by atoms with Crippen molar-refractivity contribution in [3.63, 3.8) is 0 Å². The van der Waals surface area contributed by atoms with Crippen LogP contribution < -0.4 is 0 Å². The van der Waals surface area contributed by atoms with Crippen LogP contribution in [0.15, 0.2) is 0 Å². The molecule has 2 heteroatoms. The third kappa shape index (κ3) is 3.58. The molecular weight excluding hydrogens is 172 g/mol. The van der Waals surface area contributed by atoms with Gasteiger partial charge in [0.2, 0.25) is 0 Å². The quantitative estimate of drug-likeness (QED) is 0.644. The van der Waals surface area contributed by atoms with Crippen molar-refractivity contribution < 1.29 is 0 Å². The Balaban J connectivity index is 2.08. The molecule has 0 spiro atoms. The normalized spacial score (nSPS) is 19.3. The van der Waals surface area contributed by atoms with Crippen molar-refractivity contribution in [3.8, 4) is 0 Å². The van der Waals surface area contributed by atoms with E-state index in [4.69, 9.17) is 0 Å². The van der Waals surface area contributed by atoms with Gasteiger partial charge in [-0.25, -0.2) is 0 Å². The Morgan fingerprint density at radius 2 is 2.00 bits per heavy atom. The minimum absolute atomic E-state index is 0.796. The average molecular weight is 198 g/mol. The number of hydrogen-bond donors (Lipinski definition) is 0. The summed E-state index contributed by atoms with van der Waals surface area (Å²) >= 11 is 0. The van der Waals surface area contributed by atoms with Crippen LogP contribution in [0.1, 0.15) is 33.6 Å². The van der Waals surface area contributed by atoms with Crippen molar-refractivity contribution in [3.05, 3.63) is 0 Å². The summed E-state index contributed by atoms with van der Waals surface area (Å²) < 4.78 is 0.